The Morgan fingerprint density at radius 2 is 2.03 bits per heavy atom. The molecule has 0 aromatic carbocycles. The molecule has 3 heterocycles. The van der Waals surface area contributed by atoms with Crippen molar-refractivity contribution in [2.45, 2.75) is 120 Å². The topological polar surface area (TPSA) is 125 Å². The van der Waals surface area contributed by atoms with E-state index >= 15 is 0 Å². The molecule has 10 atom stereocenters. The van der Waals surface area contributed by atoms with Gasteiger partial charge in [0.05, 0.1) is 18.3 Å². The fourth-order valence-electron chi connectivity index (χ4n) is 7.15. The largest absolute Gasteiger partial charge is 0.480 e. The molecule has 1 amide bonds. The molecular formula is C29H47NO7S. The van der Waals surface area contributed by atoms with Crippen molar-refractivity contribution in [1.29, 1.82) is 0 Å². The second-order valence-corrected chi connectivity index (χ2v) is 12.9. The molecule has 9 heteroatoms. The van der Waals surface area contributed by atoms with E-state index in [2.05, 4.69) is 12.2 Å². The van der Waals surface area contributed by atoms with Crippen LogP contribution in [0.25, 0.3) is 0 Å². The van der Waals surface area contributed by atoms with Gasteiger partial charge >= 0.3 is 5.97 Å². The van der Waals surface area contributed by atoms with Crippen molar-refractivity contribution >= 4 is 23.6 Å². The minimum absolute atomic E-state index is 0.0597. The van der Waals surface area contributed by atoms with Crippen molar-refractivity contribution in [3.05, 3.63) is 12.2 Å². The van der Waals surface area contributed by atoms with Gasteiger partial charge in [-0.25, -0.2) is 4.79 Å². The highest BCUT2D eigenvalue weighted by atomic mass is 32.2. The number of carboxylic acids is 1. The Bertz CT molecular complexity index is 840. The molecule has 0 spiro atoms. The van der Waals surface area contributed by atoms with Gasteiger partial charge in [-0.3, -0.25) is 4.79 Å². The maximum absolute atomic E-state index is 13.2. The molecule has 2 aliphatic carbocycles. The third-order valence-corrected chi connectivity index (χ3v) is 9.90. The van der Waals surface area contributed by atoms with Crippen LogP contribution < -0.4 is 5.32 Å². The maximum atomic E-state index is 13.2. The van der Waals surface area contributed by atoms with Gasteiger partial charge in [-0.15, -0.1) is 0 Å². The highest BCUT2D eigenvalue weighted by molar-refractivity contribution is 7.98. The Balaban J connectivity index is 1.46. The van der Waals surface area contributed by atoms with Gasteiger partial charge in [0.2, 0.25) is 5.91 Å². The fraction of sp³-hybridized carbons (Fsp3) is 0.862. The van der Waals surface area contributed by atoms with Crippen molar-refractivity contribution < 1.29 is 34.4 Å². The lowest BCUT2D eigenvalue weighted by Crippen LogP contribution is -2.51. The number of ether oxygens (including phenoxy) is 2. The molecule has 2 saturated carbocycles. The Hall–Kier alpha value is -1.13. The minimum Gasteiger partial charge on any atom is -0.480 e. The number of nitrogens with one attached hydrogen (secondary N) is 1. The first-order chi connectivity index (χ1) is 18.2. The van der Waals surface area contributed by atoms with E-state index in [1.807, 2.05) is 18.4 Å². The summed E-state index contributed by atoms with van der Waals surface area (Å²) in [6, 6.07) is -0.991. The second-order valence-electron chi connectivity index (χ2n) is 11.9. The molecule has 3 saturated heterocycles. The molecule has 0 radical (unpaired) electrons. The van der Waals surface area contributed by atoms with E-state index in [-0.39, 0.29) is 30.5 Å². The van der Waals surface area contributed by atoms with Gasteiger partial charge in [0.1, 0.15) is 12.1 Å². The lowest BCUT2D eigenvalue weighted by Gasteiger charge is -2.36. The Kier molecular flexibility index (Phi) is 10.6. The zero-order chi connectivity index (χ0) is 27.3. The first-order valence-electron chi connectivity index (χ1n) is 14.7. The molecule has 4 bridgehead atoms. The van der Waals surface area contributed by atoms with Gasteiger partial charge in [0.25, 0.3) is 0 Å². The van der Waals surface area contributed by atoms with Crippen molar-refractivity contribution in [2.24, 2.45) is 23.7 Å². The van der Waals surface area contributed by atoms with Gasteiger partial charge in [-0.1, -0.05) is 44.8 Å². The van der Waals surface area contributed by atoms with Crippen LogP contribution in [0.15, 0.2) is 12.2 Å². The SMILES string of the molecule is CCCC[C@H]1CCC(C(O)/C=C/[C@@H]2[C@H]3CC4CCCC(C(=O)N[C@@H](CCSC)C(=O)O)OC2(O)CC3O4)C1. The first-order valence-corrected chi connectivity index (χ1v) is 16.1. The van der Waals surface area contributed by atoms with E-state index in [4.69, 9.17) is 9.47 Å². The van der Waals surface area contributed by atoms with E-state index < -0.39 is 41.8 Å². The number of hydrogen-bond donors (Lipinski definition) is 4. The number of unbranched alkanes of at least 4 members (excludes halogenated alkanes) is 1. The summed E-state index contributed by atoms with van der Waals surface area (Å²) in [7, 11) is 0. The van der Waals surface area contributed by atoms with Crippen LogP contribution in [0.2, 0.25) is 0 Å². The molecule has 8 nitrogen and oxygen atoms in total. The normalized spacial score (nSPS) is 38.5. The summed E-state index contributed by atoms with van der Waals surface area (Å²) in [5.41, 5.74) is 0. The molecule has 0 aromatic rings. The molecule has 0 aromatic heterocycles. The lowest BCUT2D eigenvalue weighted by atomic mass is 9.86. The number of carbonyl (C=O) groups is 2. The van der Waals surface area contributed by atoms with Crippen molar-refractivity contribution in [3.63, 3.8) is 0 Å². The van der Waals surface area contributed by atoms with Crippen LogP contribution in [0.4, 0.5) is 0 Å². The molecule has 4 N–H and O–H groups in total. The number of aliphatic hydroxyl groups excluding tert-OH is 1. The zero-order valence-electron chi connectivity index (χ0n) is 22.9. The van der Waals surface area contributed by atoms with Gasteiger partial charge in [-0.05, 0) is 74.7 Å². The van der Waals surface area contributed by atoms with Gasteiger partial charge in [-0.2, -0.15) is 11.8 Å². The number of aliphatic hydroxyl groups is 2. The molecule has 3 aliphatic heterocycles. The number of thioether (sulfide) groups is 1. The average molecular weight is 554 g/mol. The van der Waals surface area contributed by atoms with Crippen LogP contribution in [-0.2, 0) is 19.1 Å². The van der Waals surface area contributed by atoms with E-state index in [1.54, 1.807) is 0 Å². The Morgan fingerprint density at radius 1 is 1.21 bits per heavy atom. The predicted molar refractivity (Wildman–Crippen MR) is 147 cm³/mol. The van der Waals surface area contributed by atoms with Gasteiger partial charge in [0.15, 0.2) is 5.79 Å². The minimum atomic E-state index is -1.60. The van der Waals surface area contributed by atoms with Gasteiger partial charge < -0.3 is 30.1 Å². The smallest absolute Gasteiger partial charge is 0.326 e. The first kappa shape index (κ1) is 29.8. The molecular weight excluding hydrogens is 506 g/mol. The summed E-state index contributed by atoms with van der Waals surface area (Å²) in [5.74, 6) is -1.96. The van der Waals surface area contributed by atoms with Crippen LogP contribution in [-0.4, -0.2) is 75.4 Å². The third kappa shape index (κ3) is 7.14. The summed E-state index contributed by atoms with van der Waals surface area (Å²) >= 11 is 1.53. The van der Waals surface area contributed by atoms with Crippen LogP contribution in [0.5, 0.6) is 0 Å². The second kappa shape index (κ2) is 13.5. The molecule has 5 fully saturated rings. The van der Waals surface area contributed by atoms with Crippen LogP contribution in [0.3, 0.4) is 0 Å². The maximum Gasteiger partial charge on any atom is 0.326 e. The lowest BCUT2D eigenvalue weighted by molar-refractivity contribution is -0.249. The molecule has 6 unspecified atom stereocenters. The predicted octanol–water partition coefficient (Wildman–Crippen LogP) is 3.88. The van der Waals surface area contributed by atoms with Crippen LogP contribution >= 0.6 is 11.8 Å². The van der Waals surface area contributed by atoms with Gasteiger partial charge in [0, 0.05) is 12.3 Å². The number of hydrogen-bond acceptors (Lipinski definition) is 7. The number of aliphatic carboxylic acids is 1. The van der Waals surface area contributed by atoms with Crippen molar-refractivity contribution in [3.8, 4) is 0 Å². The summed E-state index contributed by atoms with van der Waals surface area (Å²) in [6.07, 6.45) is 14.2. The summed E-state index contributed by atoms with van der Waals surface area (Å²) in [6.45, 7) is 2.21. The number of carboxylic acid groups (broad SMARTS) is 1. The van der Waals surface area contributed by atoms with E-state index in [0.29, 0.717) is 30.9 Å². The molecule has 5 rings (SSSR count). The number of rotatable bonds is 12. The Labute approximate surface area is 231 Å². The zero-order valence-corrected chi connectivity index (χ0v) is 23.7. The third-order valence-electron chi connectivity index (χ3n) is 9.26. The van der Waals surface area contributed by atoms with E-state index in [9.17, 15) is 24.9 Å². The molecule has 38 heavy (non-hydrogen) atoms. The van der Waals surface area contributed by atoms with E-state index in [1.165, 1.54) is 31.0 Å². The monoisotopic (exact) mass is 553 g/mol. The Morgan fingerprint density at radius 3 is 2.76 bits per heavy atom. The highest BCUT2D eigenvalue weighted by Gasteiger charge is 2.58. The summed E-state index contributed by atoms with van der Waals surface area (Å²) in [5, 5.41) is 35.0. The average Bonchev–Trinajstić information content (AvgIpc) is 3.56. The van der Waals surface area contributed by atoms with Crippen LogP contribution in [0.1, 0.15) is 84.0 Å². The van der Waals surface area contributed by atoms with Crippen molar-refractivity contribution in [1.82, 2.24) is 5.32 Å². The molecule has 216 valence electrons. The summed E-state index contributed by atoms with van der Waals surface area (Å²) in [4.78, 5) is 24.9. The summed E-state index contributed by atoms with van der Waals surface area (Å²) < 4.78 is 12.5. The molecule has 5 aliphatic rings. The number of fused-ring (bicyclic) bond motifs is 4. The highest BCUT2D eigenvalue weighted by Crippen LogP contribution is 2.52. The quantitative estimate of drug-likeness (QED) is 0.268. The standard InChI is InChI=1S/C29H47NO7S/c1-3-4-6-18-9-10-19(15-18)24(31)12-11-22-21-16-20-7-5-8-25(37-29(22,35)17-26(21)36-20)27(32)30-23(28(33)34)13-14-38-2/h11-12,18-26,31,35H,3-10,13-17H2,1-2H3,(H,30,32)(H,33,34)/b12-11+/t18-,19?,20?,21+,22+,23-,24?,25?,26?,29?/m0/s1. The number of carbonyl (C=O) groups excluding carboxylic acids is 1. The fourth-order valence-corrected chi connectivity index (χ4v) is 7.62. The number of amides is 1. The van der Waals surface area contributed by atoms with E-state index in [0.717, 1.165) is 32.1 Å². The van der Waals surface area contributed by atoms with Crippen molar-refractivity contribution in [2.75, 3.05) is 12.0 Å². The van der Waals surface area contributed by atoms with Crippen LogP contribution in [0, 0.1) is 23.7 Å².